The maximum atomic E-state index is 10.2. The number of hydrogen-bond acceptors (Lipinski definition) is 2. The maximum absolute atomic E-state index is 10.2. The summed E-state index contributed by atoms with van der Waals surface area (Å²) in [6.45, 7) is 0. The van der Waals surface area contributed by atoms with Gasteiger partial charge in [-0.2, -0.15) is 5.10 Å². The highest BCUT2D eigenvalue weighted by molar-refractivity contribution is 6.29. The van der Waals surface area contributed by atoms with E-state index >= 15 is 0 Å². The molecular weight excluding hydrogens is 224 g/mol. The molecule has 4 heteroatoms. The van der Waals surface area contributed by atoms with Crippen LogP contribution >= 0.6 is 11.6 Å². The van der Waals surface area contributed by atoms with Gasteiger partial charge in [0.2, 0.25) is 0 Å². The second kappa shape index (κ2) is 4.94. The van der Waals surface area contributed by atoms with Gasteiger partial charge in [0.25, 0.3) is 0 Å². The third kappa shape index (κ3) is 2.31. The molecule has 0 atom stereocenters. The molecule has 1 aromatic heterocycles. The number of halogens is 1. The summed E-state index contributed by atoms with van der Waals surface area (Å²) >= 11 is 5.95. The summed E-state index contributed by atoms with van der Waals surface area (Å²) in [4.78, 5) is 10.2. The van der Waals surface area contributed by atoms with Crippen molar-refractivity contribution in [2.24, 2.45) is 0 Å². The zero-order valence-corrected chi connectivity index (χ0v) is 9.39. The predicted octanol–water partition coefficient (Wildman–Crippen LogP) is 2.66. The molecule has 0 aliphatic carbocycles. The second-order valence-electron chi connectivity index (χ2n) is 3.44. The summed E-state index contributed by atoms with van der Waals surface area (Å²) in [5.74, 6) is 0. The normalized spacial score (nSPS) is 10.3. The fourth-order valence-electron chi connectivity index (χ4n) is 1.51. The first kappa shape index (κ1) is 10.9. The summed E-state index contributed by atoms with van der Waals surface area (Å²) in [7, 11) is 0. The molecule has 3 nitrogen and oxygen atoms in total. The summed E-state index contributed by atoms with van der Waals surface area (Å²) in [6.07, 6.45) is 3.92. The zero-order valence-electron chi connectivity index (χ0n) is 8.64. The Kier molecular flexibility index (Phi) is 3.37. The number of nitrogens with zero attached hydrogens (tertiary/aromatic N) is 2. The molecule has 1 aromatic carbocycles. The Bertz CT molecular complexity index is 476. The van der Waals surface area contributed by atoms with Crippen LogP contribution in [0, 0.1) is 0 Å². The van der Waals surface area contributed by atoms with E-state index in [0.717, 1.165) is 24.0 Å². The van der Waals surface area contributed by atoms with Gasteiger partial charge in [-0.25, -0.2) is 4.68 Å². The summed E-state index contributed by atoms with van der Waals surface area (Å²) in [5, 5.41) is 4.69. The number of rotatable bonds is 4. The molecule has 0 bridgehead atoms. The molecule has 0 aliphatic heterocycles. The van der Waals surface area contributed by atoms with Crippen molar-refractivity contribution in [1.29, 1.82) is 0 Å². The Balaban J connectivity index is 2.19. The van der Waals surface area contributed by atoms with Gasteiger partial charge < -0.3 is 4.79 Å². The molecular formula is C12H11ClN2O. The molecule has 0 unspecified atom stereocenters. The lowest BCUT2D eigenvalue weighted by Gasteiger charge is -2.04. The number of carbonyl (C=O) groups is 1. The summed E-state index contributed by atoms with van der Waals surface area (Å²) in [6, 6.07) is 9.59. The minimum atomic E-state index is 0.557. The first-order chi connectivity index (χ1) is 7.81. The van der Waals surface area contributed by atoms with E-state index in [1.165, 1.54) is 0 Å². The van der Waals surface area contributed by atoms with Crippen molar-refractivity contribution < 1.29 is 4.79 Å². The van der Waals surface area contributed by atoms with Crippen LogP contribution in [0.5, 0.6) is 0 Å². The van der Waals surface area contributed by atoms with Crippen LogP contribution in [0.15, 0.2) is 36.5 Å². The van der Waals surface area contributed by atoms with Crippen LogP contribution < -0.4 is 0 Å². The van der Waals surface area contributed by atoms with Gasteiger partial charge in [-0.05, 0) is 30.2 Å². The van der Waals surface area contributed by atoms with Gasteiger partial charge >= 0.3 is 0 Å². The zero-order chi connectivity index (χ0) is 11.4. The van der Waals surface area contributed by atoms with Crippen LogP contribution in [0.3, 0.4) is 0 Å². The van der Waals surface area contributed by atoms with E-state index in [4.69, 9.17) is 11.6 Å². The molecule has 82 valence electrons. The van der Waals surface area contributed by atoms with Crippen LogP contribution in [0.25, 0.3) is 5.69 Å². The summed E-state index contributed by atoms with van der Waals surface area (Å²) in [5.41, 5.74) is 2.06. The smallest absolute Gasteiger partial charge is 0.132 e. The van der Waals surface area contributed by atoms with Crippen LogP contribution in [-0.2, 0) is 11.2 Å². The van der Waals surface area contributed by atoms with Crippen molar-refractivity contribution in [1.82, 2.24) is 9.78 Å². The largest absolute Gasteiger partial charge is 0.303 e. The molecule has 0 aliphatic rings. The lowest BCUT2D eigenvalue weighted by Crippen LogP contribution is -1.96. The van der Waals surface area contributed by atoms with E-state index in [2.05, 4.69) is 5.10 Å². The van der Waals surface area contributed by atoms with Crippen LogP contribution in [0.2, 0.25) is 5.15 Å². The number of carbonyl (C=O) groups excluding carboxylic acids is 1. The van der Waals surface area contributed by atoms with E-state index in [9.17, 15) is 4.79 Å². The van der Waals surface area contributed by atoms with Gasteiger partial charge in [0.05, 0.1) is 11.9 Å². The van der Waals surface area contributed by atoms with Crippen molar-refractivity contribution in [3.05, 3.63) is 47.2 Å². The fraction of sp³-hybridized carbons (Fsp3) is 0.167. The predicted molar refractivity (Wildman–Crippen MR) is 63.0 cm³/mol. The van der Waals surface area contributed by atoms with E-state index in [1.54, 1.807) is 16.9 Å². The van der Waals surface area contributed by atoms with Crippen LogP contribution in [0.4, 0.5) is 0 Å². The lowest BCUT2D eigenvalue weighted by atomic mass is 10.1. The first-order valence-corrected chi connectivity index (χ1v) is 5.41. The molecule has 0 amide bonds. The molecule has 1 heterocycles. The number of benzene rings is 1. The van der Waals surface area contributed by atoms with E-state index in [1.807, 2.05) is 24.3 Å². The third-order valence-corrected chi connectivity index (χ3v) is 2.61. The van der Waals surface area contributed by atoms with E-state index in [0.29, 0.717) is 11.6 Å². The fourth-order valence-corrected chi connectivity index (χ4v) is 1.70. The Hall–Kier alpha value is -1.61. The molecule has 0 N–H and O–H groups in total. The Labute approximate surface area is 98.7 Å². The number of hydrogen-bond donors (Lipinski definition) is 0. The Morgan fingerprint density at radius 2 is 2.00 bits per heavy atom. The lowest BCUT2D eigenvalue weighted by molar-refractivity contribution is -0.107. The molecule has 2 rings (SSSR count). The molecule has 0 spiro atoms. The van der Waals surface area contributed by atoms with Gasteiger partial charge in [0, 0.05) is 6.42 Å². The molecule has 16 heavy (non-hydrogen) atoms. The minimum Gasteiger partial charge on any atom is -0.303 e. The van der Waals surface area contributed by atoms with Crippen molar-refractivity contribution in [2.45, 2.75) is 12.8 Å². The third-order valence-electron chi connectivity index (χ3n) is 2.33. The number of aromatic nitrogens is 2. The number of aryl methyl sites for hydroxylation is 1. The van der Waals surface area contributed by atoms with Gasteiger partial charge in [-0.3, -0.25) is 0 Å². The van der Waals surface area contributed by atoms with Gasteiger partial charge in [-0.15, -0.1) is 0 Å². The van der Waals surface area contributed by atoms with E-state index < -0.39 is 0 Å². The SMILES string of the molecule is O=CCCc1ccc(-n2nccc2Cl)cc1. The van der Waals surface area contributed by atoms with Gasteiger partial charge in [-0.1, -0.05) is 23.7 Å². The Morgan fingerprint density at radius 3 is 2.56 bits per heavy atom. The molecule has 2 aromatic rings. The van der Waals surface area contributed by atoms with Crippen molar-refractivity contribution in [3.8, 4) is 5.69 Å². The highest BCUT2D eigenvalue weighted by atomic mass is 35.5. The average Bonchev–Trinajstić information content (AvgIpc) is 2.74. The molecule has 0 fully saturated rings. The Morgan fingerprint density at radius 1 is 1.25 bits per heavy atom. The highest BCUT2D eigenvalue weighted by Crippen LogP contribution is 2.15. The molecule has 0 saturated carbocycles. The molecule has 0 saturated heterocycles. The van der Waals surface area contributed by atoms with Crippen LogP contribution in [0.1, 0.15) is 12.0 Å². The standard InChI is InChI=1S/C12H11ClN2O/c13-12-7-8-14-15(12)11-5-3-10(4-6-11)2-1-9-16/h3-9H,1-2H2. The summed E-state index contributed by atoms with van der Waals surface area (Å²) < 4.78 is 1.66. The first-order valence-electron chi connectivity index (χ1n) is 5.04. The van der Waals surface area contributed by atoms with Crippen molar-refractivity contribution >= 4 is 17.9 Å². The molecule has 0 radical (unpaired) electrons. The number of aldehydes is 1. The highest BCUT2D eigenvalue weighted by Gasteiger charge is 2.01. The monoisotopic (exact) mass is 234 g/mol. The minimum absolute atomic E-state index is 0.557. The topological polar surface area (TPSA) is 34.9 Å². The van der Waals surface area contributed by atoms with Crippen molar-refractivity contribution in [2.75, 3.05) is 0 Å². The van der Waals surface area contributed by atoms with Crippen molar-refractivity contribution in [3.63, 3.8) is 0 Å². The quantitative estimate of drug-likeness (QED) is 0.763. The average molecular weight is 235 g/mol. The second-order valence-corrected chi connectivity index (χ2v) is 3.82. The van der Waals surface area contributed by atoms with Gasteiger partial charge in [0.1, 0.15) is 11.4 Å². The van der Waals surface area contributed by atoms with E-state index in [-0.39, 0.29) is 0 Å². The van der Waals surface area contributed by atoms with Crippen LogP contribution in [-0.4, -0.2) is 16.1 Å². The maximum Gasteiger partial charge on any atom is 0.132 e. The van der Waals surface area contributed by atoms with Gasteiger partial charge in [0.15, 0.2) is 0 Å².